The second-order valence-electron chi connectivity index (χ2n) is 12.1. The molecule has 5 aromatic rings. The molecule has 174 valence electrons. The summed E-state index contributed by atoms with van der Waals surface area (Å²) in [6.45, 7) is 7.80. The molecule has 3 heteroatoms. The first-order valence-electron chi connectivity index (χ1n) is 13.6. The molecule has 1 aromatic heterocycles. The average molecular weight is 464 g/mol. The van der Waals surface area contributed by atoms with Gasteiger partial charge in [-0.25, -0.2) is 0 Å². The highest BCUT2D eigenvalue weighted by Gasteiger charge is 2.61. The zero-order valence-corrected chi connectivity index (χ0v) is 21.2. The van der Waals surface area contributed by atoms with E-state index in [0.717, 1.165) is 0 Å². The summed E-state index contributed by atoms with van der Waals surface area (Å²) in [7, 11) is 0. The standard InChI is InChI=1S/C33H29BN2/c1-20-19-27-29-31-28(20)32(2)17-8-9-18-33(32,3)36(31)26-16-7-5-13-23(26)34(29)24-14-10-12-22-21-11-4-6-15-25(21)35(27)30(22)24/h4-7,10-16,19H,8-9,17-18H2,1-3H3. The van der Waals surface area contributed by atoms with Gasteiger partial charge in [-0.3, -0.25) is 0 Å². The Labute approximate surface area is 212 Å². The molecule has 4 heterocycles. The lowest BCUT2D eigenvalue weighted by Gasteiger charge is -2.52. The minimum atomic E-state index is 0.0968. The topological polar surface area (TPSA) is 8.17 Å². The fourth-order valence-electron chi connectivity index (χ4n) is 9.02. The number of hydrogen-bond acceptors (Lipinski definition) is 1. The molecule has 4 aromatic carbocycles. The maximum atomic E-state index is 2.82. The number of aryl methyl sites for hydroxylation is 1. The molecule has 2 nitrogen and oxygen atoms in total. The molecule has 0 spiro atoms. The van der Waals surface area contributed by atoms with E-state index in [4.69, 9.17) is 0 Å². The lowest BCUT2D eigenvalue weighted by Crippen LogP contribution is -2.63. The Hall–Kier alpha value is -3.46. The lowest BCUT2D eigenvalue weighted by atomic mass is 9.33. The second-order valence-corrected chi connectivity index (χ2v) is 12.1. The number of fused-ring (bicyclic) bond motifs is 11. The number of hydrogen-bond donors (Lipinski definition) is 0. The van der Waals surface area contributed by atoms with Crippen molar-refractivity contribution in [3.05, 3.63) is 83.9 Å². The summed E-state index contributed by atoms with van der Waals surface area (Å²) in [6, 6.07) is 27.8. The first-order chi connectivity index (χ1) is 17.5. The maximum absolute atomic E-state index is 2.82. The number of anilines is 2. The van der Waals surface area contributed by atoms with Crippen LogP contribution in [-0.4, -0.2) is 16.8 Å². The lowest BCUT2D eigenvalue weighted by molar-refractivity contribution is 0.194. The zero-order valence-electron chi connectivity index (χ0n) is 21.2. The Morgan fingerprint density at radius 1 is 0.778 bits per heavy atom. The molecule has 2 atom stereocenters. The van der Waals surface area contributed by atoms with Gasteiger partial charge in [0.2, 0.25) is 0 Å². The molecule has 0 amide bonds. The normalized spacial score (nSPS) is 24.8. The van der Waals surface area contributed by atoms with E-state index >= 15 is 0 Å². The summed E-state index contributed by atoms with van der Waals surface area (Å²) in [5, 5.41) is 2.73. The molecule has 0 radical (unpaired) electrons. The summed E-state index contributed by atoms with van der Waals surface area (Å²) >= 11 is 0. The third kappa shape index (κ3) is 1.90. The Morgan fingerprint density at radius 2 is 1.53 bits per heavy atom. The first-order valence-corrected chi connectivity index (χ1v) is 13.6. The van der Waals surface area contributed by atoms with E-state index in [1.807, 2.05) is 0 Å². The Kier molecular flexibility index (Phi) is 3.33. The highest BCUT2D eigenvalue weighted by atomic mass is 15.3. The van der Waals surface area contributed by atoms with Crippen molar-refractivity contribution in [3.63, 3.8) is 0 Å². The predicted octanol–water partition coefficient (Wildman–Crippen LogP) is 5.98. The number of nitrogens with zero attached hydrogens (tertiary/aromatic N) is 2. The van der Waals surface area contributed by atoms with Crippen molar-refractivity contribution in [2.24, 2.45) is 0 Å². The van der Waals surface area contributed by atoms with Crippen LogP contribution in [0.1, 0.15) is 50.7 Å². The molecule has 0 bridgehead atoms. The first kappa shape index (κ1) is 19.7. The quantitative estimate of drug-likeness (QED) is 0.251. The largest absolute Gasteiger partial charge is 0.335 e. The van der Waals surface area contributed by atoms with Crippen molar-refractivity contribution in [2.45, 2.75) is 57.4 Å². The van der Waals surface area contributed by atoms with E-state index in [1.165, 1.54) is 86.5 Å². The predicted molar refractivity (Wildman–Crippen MR) is 153 cm³/mol. The van der Waals surface area contributed by atoms with Crippen LogP contribution in [0.2, 0.25) is 0 Å². The van der Waals surface area contributed by atoms with Gasteiger partial charge >= 0.3 is 0 Å². The smallest absolute Gasteiger partial charge is 0.252 e. The van der Waals surface area contributed by atoms with E-state index in [9.17, 15) is 0 Å². The molecule has 0 saturated heterocycles. The number of benzene rings is 4. The molecule has 9 rings (SSSR count). The summed E-state index contributed by atoms with van der Waals surface area (Å²) < 4.78 is 2.60. The fraction of sp³-hybridized carbons (Fsp3) is 0.273. The number of para-hydroxylation sites is 3. The van der Waals surface area contributed by atoms with Gasteiger partial charge in [0.15, 0.2) is 0 Å². The fourth-order valence-corrected chi connectivity index (χ4v) is 9.02. The third-order valence-corrected chi connectivity index (χ3v) is 10.6. The monoisotopic (exact) mass is 464 g/mol. The van der Waals surface area contributed by atoms with Crippen molar-refractivity contribution >= 4 is 56.3 Å². The molecule has 36 heavy (non-hydrogen) atoms. The third-order valence-electron chi connectivity index (χ3n) is 10.6. The minimum Gasteiger partial charge on any atom is -0.335 e. The van der Waals surface area contributed by atoms with Crippen LogP contribution < -0.4 is 21.3 Å². The van der Waals surface area contributed by atoms with Crippen LogP contribution in [0, 0.1) is 6.92 Å². The van der Waals surface area contributed by atoms with Gasteiger partial charge in [0.05, 0.1) is 11.1 Å². The molecule has 1 fully saturated rings. The van der Waals surface area contributed by atoms with Gasteiger partial charge < -0.3 is 9.47 Å². The Morgan fingerprint density at radius 3 is 2.44 bits per heavy atom. The molecule has 0 N–H and O–H groups in total. The van der Waals surface area contributed by atoms with E-state index in [2.05, 4.69) is 103 Å². The van der Waals surface area contributed by atoms with E-state index < -0.39 is 0 Å². The van der Waals surface area contributed by atoms with Gasteiger partial charge in [-0.1, -0.05) is 74.4 Å². The zero-order chi connectivity index (χ0) is 24.0. The second kappa shape index (κ2) is 6.09. The Balaban J connectivity index is 1.54. The summed E-state index contributed by atoms with van der Waals surface area (Å²) in [4.78, 5) is 2.82. The van der Waals surface area contributed by atoms with Gasteiger partial charge in [-0.15, -0.1) is 0 Å². The molecule has 1 saturated carbocycles. The Bertz CT molecular complexity index is 1810. The van der Waals surface area contributed by atoms with Gasteiger partial charge in [0, 0.05) is 38.8 Å². The van der Waals surface area contributed by atoms with E-state index in [1.54, 1.807) is 5.56 Å². The maximum Gasteiger partial charge on any atom is 0.252 e. The van der Waals surface area contributed by atoms with E-state index in [-0.39, 0.29) is 17.7 Å². The average Bonchev–Trinajstić information content (AvgIpc) is 3.34. The van der Waals surface area contributed by atoms with Crippen LogP contribution in [-0.2, 0) is 5.41 Å². The molecule has 4 aliphatic rings. The van der Waals surface area contributed by atoms with Crippen molar-refractivity contribution in [1.82, 2.24) is 4.57 Å². The molecular formula is C33H29BN2. The van der Waals surface area contributed by atoms with Gasteiger partial charge in [0.25, 0.3) is 6.71 Å². The van der Waals surface area contributed by atoms with E-state index in [0.29, 0.717) is 0 Å². The van der Waals surface area contributed by atoms with Crippen LogP contribution >= 0.6 is 0 Å². The van der Waals surface area contributed by atoms with Gasteiger partial charge in [-0.2, -0.15) is 0 Å². The number of aromatic nitrogens is 1. The van der Waals surface area contributed by atoms with Gasteiger partial charge in [0.1, 0.15) is 0 Å². The molecular weight excluding hydrogens is 435 g/mol. The van der Waals surface area contributed by atoms with Gasteiger partial charge in [-0.05, 0) is 72.4 Å². The molecule has 2 unspecified atom stereocenters. The number of rotatable bonds is 0. The van der Waals surface area contributed by atoms with Crippen LogP contribution in [0.3, 0.4) is 0 Å². The van der Waals surface area contributed by atoms with Crippen LogP contribution in [0.4, 0.5) is 11.4 Å². The summed E-state index contributed by atoms with van der Waals surface area (Å²) in [6.07, 6.45) is 5.16. The molecule has 1 aliphatic carbocycles. The van der Waals surface area contributed by atoms with Crippen LogP contribution in [0.5, 0.6) is 0 Å². The summed E-state index contributed by atoms with van der Waals surface area (Å²) in [5.41, 5.74) is 14.9. The highest BCUT2D eigenvalue weighted by molar-refractivity contribution is 7.00. The van der Waals surface area contributed by atoms with Crippen molar-refractivity contribution in [3.8, 4) is 5.69 Å². The van der Waals surface area contributed by atoms with Crippen LogP contribution in [0.25, 0.3) is 27.5 Å². The SMILES string of the molecule is Cc1cc2c3c4c1C1(C)CCCCC1(C)N4c1ccccc1B3c1cccc3c4ccccc4n-2c13. The highest BCUT2D eigenvalue weighted by Crippen LogP contribution is 2.62. The molecule has 3 aliphatic heterocycles. The summed E-state index contributed by atoms with van der Waals surface area (Å²) in [5.74, 6) is 0. The van der Waals surface area contributed by atoms with Crippen molar-refractivity contribution < 1.29 is 0 Å². The van der Waals surface area contributed by atoms with Crippen molar-refractivity contribution in [2.75, 3.05) is 4.90 Å². The minimum absolute atomic E-state index is 0.0968. The van der Waals surface area contributed by atoms with Crippen molar-refractivity contribution in [1.29, 1.82) is 0 Å². The van der Waals surface area contributed by atoms with Crippen LogP contribution in [0.15, 0.2) is 72.8 Å².